The fourth-order valence-corrected chi connectivity index (χ4v) is 2.36. The van der Waals surface area contributed by atoms with E-state index >= 15 is 0 Å². The Bertz CT molecular complexity index is 667. The van der Waals surface area contributed by atoms with E-state index in [1.165, 1.54) is 0 Å². The van der Waals surface area contributed by atoms with Crippen molar-refractivity contribution in [2.24, 2.45) is 0 Å². The molecular weight excluding hydrogens is 290 g/mol. The number of carbonyl (C=O) groups is 1. The molecule has 0 unspecified atom stereocenters. The average Bonchev–Trinajstić information content (AvgIpc) is 2.52. The van der Waals surface area contributed by atoms with Gasteiger partial charge in [0.25, 0.3) is 0 Å². The van der Waals surface area contributed by atoms with Crippen LogP contribution in [-0.4, -0.2) is 26.2 Å². The quantitative estimate of drug-likeness (QED) is 0.799. The van der Waals surface area contributed by atoms with Crippen molar-refractivity contribution in [1.82, 2.24) is 5.32 Å². The zero-order valence-corrected chi connectivity index (χ0v) is 13.9. The van der Waals surface area contributed by atoms with Crippen molar-refractivity contribution >= 4 is 5.91 Å². The molecule has 0 radical (unpaired) electrons. The van der Waals surface area contributed by atoms with E-state index in [4.69, 9.17) is 9.47 Å². The van der Waals surface area contributed by atoms with E-state index in [0.717, 1.165) is 28.2 Å². The highest BCUT2D eigenvalue weighted by Crippen LogP contribution is 2.18. The lowest BCUT2D eigenvalue weighted by atomic mass is 10.1. The van der Waals surface area contributed by atoms with Gasteiger partial charge in [0, 0.05) is 0 Å². The summed E-state index contributed by atoms with van der Waals surface area (Å²) in [5.74, 6) is 1.65. The van der Waals surface area contributed by atoms with Crippen molar-refractivity contribution in [3.05, 3.63) is 59.2 Å². The first kappa shape index (κ1) is 16.9. The van der Waals surface area contributed by atoms with Crippen LogP contribution in [0.25, 0.3) is 0 Å². The first-order valence-corrected chi connectivity index (χ1v) is 7.68. The molecule has 0 heterocycles. The van der Waals surface area contributed by atoms with E-state index in [1.54, 1.807) is 7.11 Å². The maximum absolute atomic E-state index is 11.9. The van der Waals surface area contributed by atoms with Gasteiger partial charge in [-0.15, -0.1) is 0 Å². The molecule has 4 heteroatoms. The van der Waals surface area contributed by atoms with Crippen LogP contribution in [0, 0.1) is 13.8 Å². The second-order valence-electron chi connectivity index (χ2n) is 5.50. The Hall–Kier alpha value is -2.49. The minimum Gasteiger partial charge on any atom is -0.496 e. The highest BCUT2D eigenvalue weighted by Gasteiger charge is 2.05. The first-order chi connectivity index (χ1) is 11.1. The fourth-order valence-electron chi connectivity index (χ4n) is 2.36. The second-order valence-corrected chi connectivity index (χ2v) is 5.50. The van der Waals surface area contributed by atoms with Gasteiger partial charge >= 0.3 is 0 Å². The van der Waals surface area contributed by atoms with Gasteiger partial charge in [0.2, 0.25) is 5.91 Å². The van der Waals surface area contributed by atoms with E-state index < -0.39 is 0 Å². The molecule has 0 atom stereocenters. The second kappa shape index (κ2) is 8.22. The van der Waals surface area contributed by atoms with E-state index in [2.05, 4.69) is 5.32 Å². The Morgan fingerprint density at radius 1 is 1.13 bits per heavy atom. The Kier molecular flexibility index (Phi) is 6.03. The molecule has 0 aromatic heterocycles. The number of aryl methyl sites for hydroxylation is 2. The number of carbonyl (C=O) groups excluding carboxylic acids is 1. The summed E-state index contributed by atoms with van der Waals surface area (Å²) in [6.45, 7) is 4.93. The highest BCUT2D eigenvalue weighted by molar-refractivity contribution is 5.78. The first-order valence-electron chi connectivity index (χ1n) is 7.68. The number of methoxy groups -OCH3 is 1. The summed E-state index contributed by atoms with van der Waals surface area (Å²) in [6, 6.07) is 13.6. The van der Waals surface area contributed by atoms with Gasteiger partial charge in [-0.05, 0) is 48.7 Å². The molecule has 0 spiro atoms. The van der Waals surface area contributed by atoms with Crippen LogP contribution < -0.4 is 14.8 Å². The van der Waals surface area contributed by atoms with Crippen LogP contribution in [0.4, 0.5) is 0 Å². The van der Waals surface area contributed by atoms with E-state index in [0.29, 0.717) is 19.6 Å². The number of ether oxygens (including phenoxy) is 2. The third-order valence-electron chi connectivity index (χ3n) is 3.51. The van der Waals surface area contributed by atoms with Gasteiger partial charge in [-0.2, -0.15) is 0 Å². The number of hydrogen-bond acceptors (Lipinski definition) is 3. The Morgan fingerprint density at radius 2 is 1.96 bits per heavy atom. The molecule has 0 aliphatic rings. The molecule has 0 aliphatic carbocycles. The number of rotatable bonds is 7. The van der Waals surface area contributed by atoms with E-state index in [9.17, 15) is 4.79 Å². The van der Waals surface area contributed by atoms with E-state index in [1.807, 2.05) is 56.3 Å². The molecule has 0 saturated heterocycles. The van der Waals surface area contributed by atoms with Gasteiger partial charge in [0.05, 0.1) is 20.1 Å². The largest absolute Gasteiger partial charge is 0.496 e. The third-order valence-corrected chi connectivity index (χ3v) is 3.51. The molecule has 0 bridgehead atoms. The van der Waals surface area contributed by atoms with Crippen LogP contribution in [0.3, 0.4) is 0 Å². The number of nitrogens with one attached hydrogen (secondary N) is 1. The van der Waals surface area contributed by atoms with Gasteiger partial charge in [0.15, 0.2) is 0 Å². The molecule has 2 rings (SSSR count). The SMILES string of the molecule is COc1ccc(CC(=O)NCCOc2cccc(C)c2)cc1C. The summed E-state index contributed by atoms with van der Waals surface area (Å²) in [5, 5.41) is 2.87. The van der Waals surface area contributed by atoms with Crippen molar-refractivity contribution in [2.75, 3.05) is 20.3 Å². The number of benzene rings is 2. The molecule has 23 heavy (non-hydrogen) atoms. The van der Waals surface area contributed by atoms with Crippen LogP contribution in [0.1, 0.15) is 16.7 Å². The van der Waals surface area contributed by atoms with Crippen molar-refractivity contribution in [2.45, 2.75) is 20.3 Å². The van der Waals surface area contributed by atoms with Crippen LogP contribution in [0.5, 0.6) is 11.5 Å². The summed E-state index contributed by atoms with van der Waals surface area (Å²) in [4.78, 5) is 11.9. The lowest BCUT2D eigenvalue weighted by Crippen LogP contribution is -2.29. The Labute approximate surface area is 137 Å². The maximum atomic E-state index is 11.9. The van der Waals surface area contributed by atoms with E-state index in [-0.39, 0.29) is 5.91 Å². The van der Waals surface area contributed by atoms with Gasteiger partial charge in [0.1, 0.15) is 18.1 Å². The fraction of sp³-hybridized carbons (Fsp3) is 0.316. The summed E-state index contributed by atoms with van der Waals surface area (Å²) in [7, 11) is 1.64. The van der Waals surface area contributed by atoms with Crippen molar-refractivity contribution in [3.8, 4) is 11.5 Å². The highest BCUT2D eigenvalue weighted by atomic mass is 16.5. The van der Waals surface area contributed by atoms with Crippen LogP contribution in [-0.2, 0) is 11.2 Å². The van der Waals surface area contributed by atoms with Crippen molar-refractivity contribution < 1.29 is 14.3 Å². The zero-order chi connectivity index (χ0) is 16.7. The molecule has 0 saturated carbocycles. The van der Waals surface area contributed by atoms with Gasteiger partial charge in [-0.3, -0.25) is 4.79 Å². The smallest absolute Gasteiger partial charge is 0.224 e. The van der Waals surface area contributed by atoms with Crippen LogP contribution in [0.2, 0.25) is 0 Å². The Morgan fingerprint density at radius 3 is 2.65 bits per heavy atom. The molecule has 0 aliphatic heterocycles. The van der Waals surface area contributed by atoms with Gasteiger partial charge in [-0.25, -0.2) is 0 Å². The summed E-state index contributed by atoms with van der Waals surface area (Å²) >= 11 is 0. The zero-order valence-electron chi connectivity index (χ0n) is 13.9. The predicted octanol–water partition coefficient (Wildman–Crippen LogP) is 3.05. The molecular formula is C19H23NO3. The molecule has 2 aromatic carbocycles. The molecule has 2 aromatic rings. The summed E-state index contributed by atoms with van der Waals surface area (Å²) in [6.07, 6.45) is 0.356. The van der Waals surface area contributed by atoms with Crippen LogP contribution >= 0.6 is 0 Å². The standard InChI is InChI=1S/C19H23NO3/c1-14-5-4-6-17(11-14)23-10-9-20-19(21)13-16-7-8-18(22-3)15(2)12-16/h4-8,11-12H,9-10,13H2,1-3H3,(H,20,21). The van der Waals surface area contributed by atoms with Gasteiger partial charge in [-0.1, -0.05) is 24.3 Å². The lowest BCUT2D eigenvalue weighted by molar-refractivity contribution is -0.120. The summed E-state index contributed by atoms with van der Waals surface area (Å²) < 4.78 is 10.8. The number of amides is 1. The Balaban J connectivity index is 1.74. The molecule has 0 fully saturated rings. The minimum atomic E-state index is -0.0117. The molecule has 1 N–H and O–H groups in total. The predicted molar refractivity (Wildman–Crippen MR) is 91.1 cm³/mol. The topological polar surface area (TPSA) is 47.6 Å². The van der Waals surface area contributed by atoms with Crippen LogP contribution in [0.15, 0.2) is 42.5 Å². The van der Waals surface area contributed by atoms with Crippen molar-refractivity contribution in [1.29, 1.82) is 0 Å². The molecule has 122 valence electrons. The average molecular weight is 313 g/mol. The van der Waals surface area contributed by atoms with Gasteiger partial charge < -0.3 is 14.8 Å². The number of hydrogen-bond donors (Lipinski definition) is 1. The maximum Gasteiger partial charge on any atom is 0.224 e. The normalized spacial score (nSPS) is 10.2. The molecule has 4 nitrogen and oxygen atoms in total. The molecule has 1 amide bonds. The van der Waals surface area contributed by atoms with Crippen molar-refractivity contribution in [3.63, 3.8) is 0 Å². The summed E-state index contributed by atoms with van der Waals surface area (Å²) in [5.41, 5.74) is 3.15. The minimum absolute atomic E-state index is 0.0117. The third kappa shape index (κ3) is 5.33. The lowest BCUT2D eigenvalue weighted by Gasteiger charge is -2.09. The monoisotopic (exact) mass is 313 g/mol.